The highest BCUT2D eigenvalue weighted by atomic mass is 32.2. The summed E-state index contributed by atoms with van der Waals surface area (Å²) >= 11 is 0.912. The number of hydrogen-bond acceptors (Lipinski definition) is 3. The predicted molar refractivity (Wildman–Crippen MR) is 94.5 cm³/mol. The van der Waals surface area contributed by atoms with E-state index in [-0.39, 0.29) is 11.4 Å². The summed E-state index contributed by atoms with van der Waals surface area (Å²) in [6.45, 7) is 2.51. The maximum absolute atomic E-state index is 12.5. The third-order valence-corrected chi connectivity index (χ3v) is 5.90. The molecule has 24 heavy (non-hydrogen) atoms. The number of alkyl halides is 3. The quantitative estimate of drug-likeness (QED) is 0.674. The van der Waals surface area contributed by atoms with Crippen LogP contribution in [0.4, 0.5) is 13.2 Å². The lowest BCUT2D eigenvalue weighted by Crippen LogP contribution is -2.22. The fourth-order valence-corrected chi connectivity index (χ4v) is 4.13. The highest BCUT2D eigenvalue weighted by Crippen LogP contribution is 2.29. The van der Waals surface area contributed by atoms with Gasteiger partial charge in [-0.25, -0.2) is 0 Å². The van der Waals surface area contributed by atoms with Crippen molar-refractivity contribution in [3.05, 3.63) is 0 Å². The highest BCUT2D eigenvalue weighted by Gasteiger charge is 2.29. The van der Waals surface area contributed by atoms with Crippen LogP contribution in [0.1, 0.15) is 77.6 Å². The third kappa shape index (κ3) is 12.4. The molecule has 0 bridgehead atoms. The van der Waals surface area contributed by atoms with Crippen LogP contribution >= 0.6 is 11.8 Å². The van der Waals surface area contributed by atoms with Crippen LogP contribution in [-0.4, -0.2) is 41.1 Å². The number of ether oxygens (including phenoxy) is 1. The summed E-state index contributed by atoms with van der Waals surface area (Å²) in [5, 5.41) is 9.94. The molecule has 0 amide bonds. The third-order valence-electron chi connectivity index (χ3n) is 4.51. The molecule has 0 aromatic carbocycles. The molecular weight excluding hydrogens is 337 g/mol. The van der Waals surface area contributed by atoms with E-state index in [2.05, 4.69) is 0 Å². The van der Waals surface area contributed by atoms with Gasteiger partial charge in [0.15, 0.2) is 0 Å². The van der Waals surface area contributed by atoms with E-state index in [0.29, 0.717) is 25.9 Å². The van der Waals surface area contributed by atoms with Crippen LogP contribution in [0.15, 0.2) is 0 Å². The second kappa shape index (κ2) is 12.4. The fourth-order valence-electron chi connectivity index (χ4n) is 3.08. The Morgan fingerprint density at radius 3 is 2.17 bits per heavy atom. The number of hydrogen-bond donors (Lipinski definition) is 1. The van der Waals surface area contributed by atoms with E-state index in [0.717, 1.165) is 37.4 Å². The summed E-state index contributed by atoms with van der Waals surface area (Å²) in [5.41, 5.74) is 0. The zero-order valence-electron chi connectivity index (χ0n) is 14.8. The van der Waals surface area contributed by atoms with Gasteiger partial charge in [-0.1, -0.05) is 44.9 Å². The number of aliphatic hydroxyl groups is 1. The summed E-state index contributed by atoms with van der Waals surface area (Å²) in [5.74, 6) is -0.847. The second-order valence-electron chi connectivity index (χ2n) is 6.96. The molecule has 0 spiro atoms. The van der Waals surface area contributed by atoms with Crippen LogP contribution in [0.3, 0.4) is 0 Å². The molecule has 3 atom stereocenters. The van der Waals surface area contributed by atoms with Crippen molar-refractivity contribution in [2.24, 2.45) is 0 Å². The smallest absolute Gasteiger partial charge is 0.393 e. The molecule has 2 nitrogen and oxygen atoms in total. The molecule has 1 N–H and O–H groups in total. The van der Waals surface area contributed by atoms with Gasteiger partial charge in [0.05, 0.1) is 18.0 Å². The van der Waals surface area contributed by atoms with Crippen molar-refractivity contribution >= 4 is 11.8 Å². The monoisotopic (exact) mass is 370 g/mol. The summed E-state index contributed by atoms with van der Waals surface area (Å²) < 4.78 is 43.2. The summed E-state index contributed by atoms with van der Waals surface area (Å²) in [6.07, 6.45) is 6.35. The lowest BCUT2D eigenvalue weighted by atomic mass is 10.0. The van der Waals surface area contributed by atoms with E-state index in [1.807, 2.05) is 6.92 Å². The first-order valence-corrected chi connectivity index (χ1v) is 10.4. The number of thioether (sulfide) groups is 1. The molecule has 1 aliphatic heterocycles. The molecule has 1 saturated heterocycles. The Morgan fingerprint density at radius 1 is 0.958 bits per heavy atom. The van der Waals surface area contributed by atoms with Crippen molar-refractivity contribution in [3.8, 4) is 0 Å². The van der Waals surface area contributed by atoms with Crippen LogP contribution in [0, 0.1) is 0 Å². The van der Waals surface area contributed by atoms with E-state index in [1.165, 1.54) is 25.7 Å². The largest absolute Gasteiger partial charge is 0.397 e. The Hall–Kier alpha value is 0.0600. The first-order chi connectivity index (χ1) is 11.4. The van der Waals surface area contributed by atoms with E-state index in [1.54, 1.807) is 0 Å². The van der Waals surface area contributed by atoms with Crippen molar-refractivity contribution in [2.75, 3.05) is 12.4 Å². The zero-order chi connectivity index (χ0) is 17.8. The van der Waals surface area contributed by atoms with Crippen molar-refractivity contribution in [2.45, 2.75) is 101 Å². The van der Waals surface area contributed by atoms with Crippen LogP contribution in [0.5, 0.6) is 0 Å². The van der Waals surface area contributed by atoms with Gasteiger partial charge in [0, 0.05) is 11.9 Å². The maximum Gasteiger partial charge on any atom is 0.397 e. The molecule has 1 aliphatic rings. The molecule has 0 saturated carbocycles. The molecule has 0 aliphatic carbocycles. The minimum absolute atomic E-state index is 0.163. The van der Waals surface area contributed by atoms with Gasteiger partial charge >= 0.3 is 6.18 Å². The predicted octanol–water partition coefficient (Wildman–Crippen LogP) is 5.72. The highest BCUT2D eigenvalue weighted by molar-refractivity contribution is 7.99. The van der Waals surface area contributed by atoms with Crippen LogP contribution in [0.2, 0.25) is 0 Å². The van der Waals surface area contributed by atoms with Gasteiger partial charge < -0.3 is 9.84 Å². The minimum atomic E-state index is -4.15. The second-order valence-corrected chi connectivity index (χ2v) is 8.25. The van der Waals surface area contributed by atoms with Gasteiger partial charge in [-0.3, -0.25) is 0 Å². The minimum Gasteiger partial charge on any atom is -0.393 e. The van der Waals surface area contributed by atoms with E-state index in [4.69, 9.17) is 4.74 Å². The molecule has 6 heteroatoms. The molecule has 144 valence electrons. The molecule has 0 radical (unpaired) electrons. The van der Waals surface area contributed by atoms with E-state index in [9.17, 15) is 18.3 Å². The Morgan fingerprint density at radius 2 is 1.54 bits per heavy atom. The zero-order valence-corrected chi connectivity index (χ0v) is 15.6. The Labute approximate surface area is 148 Å². The molecule has 0 aromatic heterocycles. The average molecular weight is 371 g/mol. The van der Waals surface area contributed by atoms with Gasteiger partial charge in [-0.15, -0.1) is 11.8 Å². The summed E-state index contributed by atoms with van der Waals surface area (Å²) in [7, 11) is 0. The molecular formula is C18H33F3O2S. The number of rotatable bonds is 2. The summed E-state index contributed by atoms with van der Waals surface area (Å²) in [4.78, 5) is 0. The normalized spacial score (nSPS) is 30.1. The van der Waals surface area contributed by atoms with Crippen molar-refractivity contribution in [1.82, 2.24) is 0 Å². The molecule has 1 heterocycles. The van der Waals surface area contributed by atoms with Crippen LogP contribution in [0.25, 0.3) is 0 Å². The lowest BCUT2D eigenvalue weighted by molar-refractivity contribution is -0.105. The molecule has 1 unspecified atom stereocenters. The Kier molecular flexibility index (Phi) is 11.4. The van der Waals surface area contributed by atoms with Gasteiger partial charge in [0.1, 0.15) is 0 Å². The van der Waals surface area contributed by atoms with Gasteiger partial charge in [0.2, 0.25) is 0 Å². The van der Waals surface area contributed by atoms with E-state index < -0.39 is 18.0 Å². The summed E-state index contributed by atoms with van der Waals surface area (Å²) in [6, 6.07) is 0. The van der Waals surface area contributed by atoms with Crippen molar-refractivity contribution < 1.29 is 23.0 Å². The molecule has 1 rings (SSSR count). The van der Waals surface area contributed by atoms with Crippen molar-refractivity contribution in [1.29, 1.82) is 0 Å². The number of halogens is 3. The van der Waals surface area contributed by atoms with Crippen LogP contribution < -0.4 is 0 Å². The standard InChI is InChI=1S/C18H33F3O2S/c1-15-9-7-5-3-2-4-6-8-10-16(22)13-17(11-12-23-15)24-14-18(19,20)21/h15-17,22H,2-14H2,1H3/t15-,16+,17?/m1/s1. The molecule has 0 aromatic rings. The first kappa shape index (κ1) is 22.1. The SMILES string of the molecule is C[C@@H]1CCCCCCCCC[C@H](O)CC(SCC(F)(F)F)CCO1. The van der Waals surface area contributed by atoms with E-state index >= 15 is 0 Å². The van der Waals surface area contributed by atoms with Crippen LogP contribution in [-0.2, 0) is 4.74 Å². The fraction of sp³-hybridized carbons (Fsp3) is 1.00. The van der Waals surface area contributed by atoms with Gasteiger partial charge in [-0.05, 0) is 32.6 Å². The Balaban J connectivity index is 2.47. The molecule has 1 fully saturated rings. The van der Waals surface area contributed by atoms with Gasteiger partial charge in [0.25, 0.3) is 0 Å². The van der Waals surface area contributed by atoms with Gasteiger partial charge in [-0.2, -0.15) is 13.2 Å². The average Bonchev–Trinajstić information content (AvgIpc) is 2.49. The Bertz CT molecular complexity index is 313. The lowest BCUT2D eigenvalue weighted by Gasteiger charge is -2.22. The number of aliphatic hydroxyl groups excluding tert-OH is 1. The first-order valence-electron chi connectivity index (χ1n) is 9.35. The van der Waals surface area contributed by atoms with Crippen molar-refractivity contribution in [3.63, 3.8) is 0 Å². The topological polar surface area (TPSA) is 29.5 Å². The maximum atomic E-state index is 12.5.